The molecule has 0 fully saturated rings. The van der Waals surface area contributed by atoms with Gasteiger partial charge in [0.05, 0.1) is 52.9 Å². The van der Waals surface area contributed by atoms with Crippen LogP contribution in [0.1, 0.15) is 162 Å². The molecule has 0 aliphatic carbocycles. The average molecular weight is 1250 g/mol. The second kappa shape index (κ2) is 29.0. The van der Waals surface area contributed by atoms with Crippen LogP contribution >= 0.6 is 22.1 Å². The largest absolute Gasteiger partial charge is 0.376 e. The first-order valence-electron chi connectivity index (χ1n) is 29.0. The molecule has 0 saturated heterocycles. The van der Waals surface area contributed by atoms with Crippen LogP contribution in [-0.2, 0) is 41.5 Å². The highest BCUT2D eigenvalue weighted by atomic mass is 31.2. The van der Waals surface area contributed by atoms with Crippen molar-refractivity contribution in [2.45, 2.75) is 131 Å². The van der Waals surface area contributed by atoms with Crippen molar-refractivity contribution in [2.24, 2.45) is 0 Å². The zero-order valence-electron chi connectivity index (χ0n) is 53.6. The first-order valence-corrected chi connectivity index (χ1v) is 33.8. The van der Waals surface area contributed by atoms with Crippen LogP contribution in [0.4, 0.5) is 0 Å². The summed E-state index contributed by atoms with van der Waals surface area (Å²) in [6.45, 7) is 28.5. The number of rotatable bonds is 29. The van der Waals surface area contributed by atoms with Gasteiger partial charge in [0.1, 0.15) is 6.10 Å². The Hall–Kier alpha value is -6.21. The summed E-state index contributed by atoms with van der Waals surface area (Å²) in [6.07, 6.45) is -1.04. The van der Waals surface area contributed by atoms with Crippen LogP contribution in [0.5, 0.6) is 0 Å². The van der Waals surface area contributed by atoms with Crippen molar-refractivity contribution in [3.05, 3.63) is 206 Å². The van der Waals surface area contributed by atoms with Gasteiger partial charge in [-0.1, -0.05) is 106 Å². The number of ether oxygens (including phenoxy) is 3. The third-order valence-corrected chi connectivity index (χ3v) is 21.5. The van der Waals surface area contributed by atoms with Gasteiger partial charge in [-0.2, -0.15) is 0 Å². The minimum atomic E-state index is -4.91. The van der Waals surface area contributed by atoms with E-state index in [0.29, 0.717) is 66.8 Å². The Labute approximate surface area is 513 Å². The zero-order valence-corrected chi connectivity index (χ0v) is 56.3. The first-order chi connectivity index (χ1) is 40.7. The van der Waals surface area contributed by atoms with Crippen LogP contribution in [0.2, 0.25) is 0 Å². The monoisotopic (exact) mass is 1240 g/mol. The smallest absolute Gasteiger partial charge is 0.340 e. The molecule has 0 bridgehead atoms. The Bertz CT molecular complexity index is 3360. The fourth-order valence-electron chi connectivity index (χ4n) is 12.0. The lowest BCUT2D eigenvalue weighted by atomic mass is 10.0. The van der Waals surface area contributed by atoms with E-state index in [0.717, 1.165) is 33.4 Å². The number of aryl methyl sites for hydroxylation is 18. The molecule has 0 unspecified atom stereocenters. The minimum Gasteiger partial charge on any atom is -0.376 e. The van der Waals surface area contributed by atoms with Crippen molar-refractivity contribution >= 4 is 55.3 Å². The normalized spacial score (nSPS) is 12.0. The van der Waals surface area contributed by atoms with Crippen LogP contribution in [0, 0.1) is 125 Å². The molecule has 0 atom stereocenters. The zero-order chi connectivity index (χ0) is 64.8. The molecule has 0 radical (unpaired) electrons. The van der Waals surface area contributed by atoms with Gasteiger partial charge in [-0.15, -0.1) is 0 Å². The van der Waals surface area contributed by atoms with E-state index in [1.165, 1.54) is 0 Å². The molecule has 0 aliphatic heterocycles. The summed E-state index contributed by atoms with van der Waals surface area (Å²) in [7, 11) is -14.6. The highest BCUT2D eigenvalue weighted by Gasteiger charge is 2.48. The molecule has 0 heterocycles. The molecule has 15 nitrogen and oxygen atoms in total. The number of carbonyl (C=O) groups excluding carboxylic acids is 6. The minimum absolute atomic E-state index is 0.104. The molecule has 0 aromatic heterocycles. The van der Waals surface area contributed by atoms with Crippen molar-refractivity contribution in [1.29, 1.82) is 0 Å². The number of hydrogen-bond donors (Lipinski definition) is 0. The van der Waals surface area contributed by atoms with Gasteiger partial charge in [-0.25, -0.2) is 0 Å². The van der Waals surface area contributed by atoms with E-state index in [9.17, 15) is 28.8 Å². The van der Waals surface area contributed by atoms with Crippen LogP contribution in [0.15, 0.2) is 72.8 Å². The van der Waals surface area contributed by atoms with Crippen molar-refractivity contribution in [3.8, 4) is 0 Å². The van der Waals surface area contributed by atoms with E-state index in [1.807, 2.05) is 41.5 Å². The molecule has 0 spiro atoms. The second-order valence-corrected chi connectivity index (χ2v) is 29.8. The number of benzene rings is 6. The summed E-state index contributed by atoms with van der Waals surface area (Å²) >= 11 is 0. The second-order valence-electron chi connectivity index (χ2n) is 23.3. The van der Waals surface area contributed by atoms with Gasteiger partial charge in [0, 0.05) is 33.4 Å². The quantitative estimate of drug-likeness (QED) is 0.0316. The van der Waals surface area contributed by atoms with E-state index >= 15 is 13.7 Å². The molecule has 464 valence electrons. The molecule has 6 rings (SSSR count). The molecule has 6 aromatic carbocycles. The van der Waals surface area contributed by atoms with Crippen LogP contribution in [-0.4, -0.2) is 92.1 Å². The summed E-state index contributed by atoms with van der Waals surface area (Å²) in [5, 5.41) is 0. The van der Waals surface area contributed by atoms with Gasteiger partial charge in [-0.3, -0.25) is 42.5 Å². The van der Waals surface area contributed by atoms with Crippen LogP contribution in [0.25, 0.3) is 0 Å². The number of carbonyl (C=O) groups is 6. The van der Waals surface area contributed by atoms with Gasteiger partial charge >= 0.3 is 22.1 Å². The Kier molecular flexibility index (Phi) is 23.3. The maximum absolute atomic E-state index is 15.3. The topological polar surface area (TPSA) is 209 Å². The average Bonchev–Trinajstić information content (AvgIpc) is 0.965. The van der Waals surface area contributed by atoms with Crippen LogP contribution in [0.3, 0.4) is 0 Å². The van der Waals surface area contributed by atoms with Gasteiger partial charge in [0.2, 0.25) is 0 Å². The number of hydrogen-bond acceptors (Lipinski definition) is 15. The summed E-state index contributed by atoms with van der Waals surface area (Å²) < 4.78 is 81.8. The van der Waals surface area contributed by atoms with E-state index in [2.05, 4.69) is 0 Å². The van der Waals surface area contributed by atoms with Gasteiger partial charge in [0.25, 0.3) is 33.1 Å². The maximum atomic E-state index is 15.3. The Morgan fingerprint density at radius 3 is 0.609 bits per heavy atom. The summed E-state index contributed by atoms with van der Waals surface area (Å²) in [5.74, 6) is 0. The third kappa shape index (κ3) is 15.6. The van der Waals surface area contributed by atoms with Crippen molar-refractivity contribution in [2.75, 3.05) is 52.9 Å². The lowest BCUT2D eigenvalue weighted by molar-refractivity contribution is -0.0699. The van der Waals surface area contributed by atoms with E-state index in [1.54, 1.807) is 156 Å². The predicted molar refractivity (Wildman–Crippen MR) is 342 cm³/mol. The molecule has 6 aromatic rings. The standard InChI is InChI=1S/C69H83O15P3/c1-39-25-45(7)58(46(8)26-39)64(70)85(76,65(71)59-47(9)27-40(2)28-48(59)10)82-22-19-79-37-57(81-21-24-84-87(78,68(74)62-53(15)33-43(5)34-54(62)16)69(75)63-55(17)35-44(6)36-56(63)18)38-80-20-23-83-86(77,66(72)60-49(11)29-41(3)30-50(60)12)67(73)61-51(13)31-42(4)32-52(61)14/h25-36,57H,19-24,37-38H2,1-18H3. The molecular formula is C69H83O15P3. The summed E-state index contributed by atoms with van der Waals surface area (Å²) in [4.78, 5) is 87.5. The van der Waals surface area contributed by atoms with Gasteiger partial charge in [-0.05, 0) is 191 Å². The fourth-order valence-corrected chi connectivity index (χ4v) is 18.2. The maximum Gasteiger partial charge on any atom is 0.340 e. The van der Waals surface area contributed by atoms with Crippen molar-refractivity contribution in [3.63, 3.8) is 0 Å². The molecular weight excluding hydrogens is 1160 g/mol. The lowest BCUT2D eigenvalue weighted by Gasteiger charge is -2.23. The van der Waals surface area contributed by atoms with Gasteiger partial charge in [0.15, 0.2) is 0 Å². The molecule has 18 heteroatoms. The molecule has 0 saturated carbocycles. The Morgan fingerprint density at radius 2 is 0.437 bits per heavy atom. The third-order valence-electron chi connectivity index (χ3n) is 15.3. The van der Waals surface area contributed by atoms with Crippen molar-refractivity contribution in [1.82, 2.24) is 0 Å². The highest BCUT2D eigenvalue weighted by molar-refractivity contribution is 7.92. The summed E-state index contributed by atoms with van der Waals surface area (Å²) in [6, 6.07) is 21.2. The highest BCUT2D eigenvalue weighted by Crippen LogP contribution is 2.57. The predicted octanol–water partition coefficient (Wildman–Crippen LogP) is 15.9. The van der Waals surface area contributed by atoms with Crippen molar-refractivity contribution < 1.29 is 70.2 Å². The SMILES string of the molecule is Cc1cc(C)c(C(=O)P(=O)(OCCOCC(COCCOP(=O)(C(=O)c2c(C)cc(C)cc2C)C(=O)c2c(C)cc(C)cc2C)OCCOP(=O)(C(=O)c2c(C)cc(C)cc2C)C(=O)c2c(C)cc(C)cc2C)C(=O)c2c(C)cc(C)cc2C)c(C)c1. The fraction of sp³-hybridized carbons (Fsp3) is 0.391. The summed E-state index contributed by atoms with van der Waals surface area (Å²) in [5.41, 5.74) is 6.41. The molecule has 0 N–H and O–H groups in total. The molecule has 87 heavy (non-hydrogen) atoms. The van der Waals surface area contributed by atoms with E-state index in [-0.39, 0.29) is 66.4 Å². The van der Waals surface area contributed by atoms with E-state index < -0.39 is 81.2 Å². The van der Waals surface area contributed by atoms with Crippen LogP contribution < -0.4 is 0 Å². The van der Waals surface area contributed by atoms with E-state index in [4.69, 9.17) is 27.8 Å². The molecule has 0 amide bonds. The first kappa shape index (κ1) is 69.9. The Morgan fingerprint density at radius 1 is 0.276 bits per heavy atom. The lowest BCUT2D eigenvalue weighted by Crippen LogP contribution is -2.29. The molecule has 0 aliphatic rings. The Balaban J connectivity index is 1.27. The van der Waals surface area contributed by atoms with Gasteiger partial charge < -0.3 is 27.8 Å².